The highest BCUT2D eigenvalue weighted by atomic mass is 35.5. The standard InChI is InChI=1S/C16H21ClN2OS/c1-16(2,3)15-19-9-11(21-15)8-18-10-12-13(17)6-5-7-14(12)20-4/h5-7,9,18H,8,10H2,1-4H3. The van der Waals surface area contributed by atoms with Crippen molar-refractivity contribution in [2.45, 2.75) is 39.3 Å². The van der Waals surface area contributed by atoms with Gasteiger partial charge in [0.25, 0.3) is 0 Å². The summed E-state index contributed by atoms with van der Waals surface area (Å²) in [6.07, 6.45) is 1.95. The van der Waals surface area contributed by atoms with Gasteiger partial charge in [-0.1, -0.05) is 38.4 Å². The summed E-state index contributed by atoms with van der Waals surface area (Å²) in [5, 5.41) is 5.29. The number of nitrogens with one attached hydrogen (secondary N) is 1. The molecule has 2 rings (SSSR count). The van der Waals surface area contributed by atoms with Crippen LogP contribution in [0.5, 0.6) is 5.75 Å². The van der Waals surface area contributed by atoms with E-state index in [1.54, 1.807) is 18.4 Å². The Hall–Kier alpha value is -1.10. The second-order valence-electron chi connectivity index (χ2n) is 5.91. The van der Waals surface area contributed by atoms with Crippen molar-refractivity contribution in [3.05, 3.63) is 44.9 Å². The molecule has 1 aromatic carbocycles. The maximum Gasteiger partial charge on any atom is 0.124 e. The molecule has 0 unspecified atom stereocenters. The van der Waals surface area contributed by atoms with E-state index in [-0.39, 0.29) is 5.41 Å². The molecule has 0 bridgehead atoms. The van der Waals surface area contributed by atoms with Gasteiger partial charge < -0.3 is 10.1 Å². The van der Waals surface area contributed by atoms with Crippen molar-refractivity contribution in [1.82, 2.24) is 10.3 Å². The van der Waals surface area contributed by atoms with Gasteiger partial charge >= 0.3 is 0 Å². The lowest BCUT2D eigenvalue weighted by atomic mass is 9.98. The van der Waals surface area contributed by atoms with Gasteiger partial charge in [0, 0.05) is 40.2 Å². The Kier molecular flexibility index (Phi) is 5.25. The van der Waals surface area contributed by atoms with Crippen LogP contribution >= 0.6 is 22.9 Å². The average Bonchev–Trinajstić information content (AvgIpc) is 2.89. The molecular formula is C16H21ClN2OS. The molecule has 0 atom stereocenters. The molecule has 0 spiro atoms. The summed E-state index contributed by atoms with van der Waals surface area (Å²) in [4.78, 5) is 5.72. The molecule has 1 heterocycles. The van der Waals surface area contributed by atoms with Gasteiger partial charge in [0.2, 0.25) is 0 Å². The van der Waals surface area contributed by atoms with Gasteiger partial charge in [-0.2, -0.15) is 0 Å². The van der Waals surface area contributed by atoms with Crippen molar-refractivity contribution in [2.24, 2.45) is 0 Å². The fraction of sp³-hybridized carbons (Fsp3) is 0.438. The van der Waals surface area contributed by atoms with Crippen LogP contribution in [0.25, 0.3) is 0 Å². The smallest absolute Gasteiger partial charge is 0.124 e. The highest BCUT2D eigenvalue weighted by Crippen LogP contribution is 2.28. The molecule has 0 aliphatic heterocycles. The van der Waals surface area contributed by atoms with Crippen LogP contribution in [0.2, 0.25) is 5.02 Å². The quantitative estimate of drug-likeness (QED) is 0.885. The lowest BCUT2D eigenvalue weighted by Crippen LogP contribution is -2.13. The number of thiazole rings is 1. The van der Waals surface area contributed by atoms with Crippen LogP contribution in [0.1, 0.15) is 36.2 Å². The summed E-state index contributed by atoms with van der Waals surface area (Å²) in [7, 11) is 1.66. The molecule has 5 heteroatoms. The summed E-state index contributed by atoms with van der Waals surface area (Å²) < 4.78 is 5.34. The van der Waals surface area contributed by atoms with Crippen molar-refractivity contribution < 1.29 is 4.74 Å². The van der Waals surface area contributed by atoms with Crippen molar-refractivity contribution in [1.29, 1.82) is 0 Å². The maximum absolute atomic E-state index is 6.22. The number of hydrogen-bond donors (Lipinski definition) is 1. The molecule has 0 saturated heterocycles. The highest BCUT2D eigenvalue weighted by molar-refractivity contribution is 7.11. The Morgan fingerprint density at radius 1 is 1.29 bits per heavy atom. The molecule has 3 nitrogen and oxygen atoms in total. The van der Waals surface area contributed by atoms with E-state index in [1.807, 2.05) is 24.4 Å². The van der Waals surface area contributed by atoms with E-state index in [1.165, 1.54) is 4.88 Å². The second kappa shape index (κ2) is 6.77. The summed E-state index contributed by atoms with van der Waals surface area (Å²) >= 11 is 7.98. The topological polar surface area (TPSA) is 34.1 Å². The number of halogens is 1. The van der Waals surface area contributed by atoms with Gasteiger partial charge in [0.05, 0.1) is 12.1 Å². The van der Waals surface area contributed by atoms with Gasteiger partial charge in [0.1, 0.15) is 5.75 Å². The molecule has 0 aliphatic rings. The summed E-state index contributed by atoms with van der Waals surface area (Å²) in [5.41, 5.74) is 1.09. The zero-order valence-electron chi connectivity index (χ0n) is 12.9. The van der Waals surface area contributed by atoms with Crippen molar-refractivity contribution in [2.75, 3.05) is 7.11 Å². The molecule has 0 aliphatic carbocycles. The predicted octanol–water partition coefficient (Wildman–Crippen LogP) is 4.39. The third kappa shape index (κ3) is 4.19. The van der Waals surface area contributed by atoms with E-state index in [0.29, 0.717) is 6.54 Å². The summed E-state index contributed by atoms with van der Waals surface area (Å²) in [5.74, 6) is 0.815. The minimum absolute atomic E-state index is 0.106. The summed E-state index contributed by atoms with van der Waals surface area (Å²) in [6.45, 7) is 7.99. The Morgan fingerprint density at radius 2 is 2.05 bits per heavy atom. The van der Waals surface area contributed by atoms with Crippen molar-refractivity contribution in [3.63, 3.8) is 0 Å². The van der Waals surface area contributed by atoms with Crippen LogP contribution < -0.4 is 10.1 Å². The van der Waals surface area contributed by atoms with E-state index >= 15 is 0 Å². The minimum atomic E-state index is 0.106. The SMILES string of the molecule is COc1cccc(Cl)c1CNCc1cnc(C(C)(C)C)s1. The molecule has 0 saturated carbocycles. The Bertz CT molecular complexity index is 605. The van der Waals surface area contributed by atoms with Gasteiger partial charge in [-0.25, -0.2) is 4.98 Å². The second-order valence-corrected chi connectivity index (χ2v) is 7.43. The number of methoxy groups -OCH3 is 1. The van der Waals surface area contributed by atoms with Crippen molar-refractivity contribution in [3.8, 4) is 5.75 Å². The summed E-state index contributed by atoms with van der Waals surface area (Å²) in [6, 6.07) is 5.70. The van der Waals surface area contributed by atoms with Gasteiger partial charge in [0.15, 0.2) is 0 Å². The van der Waals surface area contributed by atoms with Crippen LogP contribution in [-0.2, 0) is 18.5 Å². The lowest BCUT2D eigenvalue weighted by molar-refractivity contribution is 0.408. The first-order valence-electron chi connectivity index (χ1n) is 6.89. The van der Waals surface area contributed by atoms with Crippen molar-refractivity contribution >= 4 is 22.9 Å². The van der Waals surface area contributed by atoms with Gasteiger partial charge in [-0.15, -0.1) is 11.3 Å². The number of aromatic nitrogens is 1. The Labute approximate surface area is 135 Å². The van der Waals surface area contributed by atoms with Gasteiger partial charge in [-0.3, -0.25) is 0 Å². The van der Waals surface area contributed by atoms with E-state index in [4.69, 9.17) is 16.3 Å². The predicted molar refractivity (Wildman–Crippen MR) is 89.4 cm³/mol. The number of rotatable bonds is 5. The molecule has 114 valence electrons. The third-order valence-electron chi connectivity index (χ3n) is 3.09. The number of benzene rings is 1. The highest BCUT2D eigenvalue weighted by Gasteiger charge is 2.17. The molecular weight excluding hydrogens is 304 g/mol. The zero-order chi connectivity index (χ0) is 15.5. The maximum atomic E-state index is 6.22. The average molecular weight is 325 g/mol. The lowest BCUT2D eigenvalue weighted by Gasteiger charge is -2.13. The fourth-order valence-corrected chi connectivity index (χ4v) is 3.12. The molecule has 0 fully saturated rings. The largest absolute Gasteiger partial charge is 0.496 e. The van der Waals surface area contributed by atoms with Crippen LogP contribution in [0.15, 0.2) is 24.4 Å². The number of nitrogens with zero attached hydrogens (tertiary/aromatic N) is 1. The normalized spacial score (nSPS) is 11.7. The zero-order valence-corrected chi connectivity index (χ0v) is 14.4. The molecule has 0 radical (unpaired) electrons. The van der Waals surface area contributed by atoms with Crippen LogP contribution in [-0.4, -0.2) is 12.1 Å². The minimum Gasteiger partial charge on any atom is -0.496 e. The fourth-order valence-electron chi connectivity index (χ4n) is 1.95. The van der Waals surface area contributed by atoms with E-state index in [2.05, 4.69) is 31.1 Å². The van der Waals surface area contributed by atoms with Gasteiger partial charge in [-0.05, 0) is 12.1 Å². The third-order valence-corrected chi connectivity index (χ3v) is 4.87. The van der Waals surface area contributed by atoms with E-state index in [9.17, 15) is 0 Å². The molecule has 1 N–H and O–H groups in total. The van der Waals surface area contributed by atoms with Crippen LogP contribution in [0, 0.1) is 0 Å². The first-order chi connectivity index (χ1) is 9.91. The Morgan fingerprint density at radius 3 is 2.67 bits per heavy atom. The molecule has 2 aromatic rings. The number of hydrogen-bond acceptors (Lipinski definition) is 4. The Balaban J connectivity index is 1.98. The number of ether oxygens (including phenoxy) is 1. The van der Waals surface area contributed by atoms with E-state index in [0.717, 1.165) is 27.9 Å². The van der Waals surface area contributed by atoms with Crippen LogP contribution in [0.4, 0.5) is 0 Å². The van der Waals surface area contributed by atoms with E-state index < -0.39 is 0 Å². The molecule has 1 aromatic heterocycles. The first kappa shape index (κ1) is 16.3. The monoisotopic (exact) mass is 324 g/mol. The molecule has 21 heavy (non-hydrogen) atoms. The molecule has 0 amide bonds. The first-order valence-corrected chi connectivity index (χ1v) is 8.08. The van der Waals surface area contributed by atoms with Crippen LogP contribution in [0.3, 0.4) is 0 Å².